The number of hydrogen-bond donors (Lipinski definition) is 2. The standard InChI is InChI=1S/C10H6ClF3N4O4S/c11-5-3-4(7-8(9(15)19)17-18-16-7)1-2-6(5)22-23(20,21)10(12,13)14/h1-3H,(H2,15,19)(H,16,17,18). The summed E-state index contributed by atoms with van der Waals surface area (Å²) < 4.78 is 62.6. The van der Waals surface area contributed by atoms with Gasteiger partial charge in [-0.25, -0.2) is 0 Å². The van der Waals surface area contributed by atoms with Gasteiger partial charge in [-0.15, -0.1) is 0 Å². The summed E-state index contributed by atoms with van der Waals surface area (Å²) in [4.78, 5) is 11.1. The fourth-order valence-electron chi connectivity index (χ4n) is 1.49. The van der Waals surface area contributed by atoms with Gasteiger partial charge in [0.2, 0.25) is 0 Å². The molecule has 0 fully saturated rings. The SMILES string of the molecule is NC(=O)c1n[nH]nc1-c1ccc(OS(=O)(=O)C(F)(F)F)c(Cl)c1. The molecule has 0 spiro atoms. The van der Waals surface area contributed by atoms with Gasteiger partial charge in [-0.2, -0.15) is 37.0 Å². The fraction of sp³-hybridized carbons (Fsp3) is 0.100. The van der Waals surface area contributed by atoms with Crippen LogP contribution in [0.3, 0.4) is 0 Å². The first-order valence-corrected chi connectivity index (χ1v) is 7.33. The van der Waals surface area contributed by atoms with Gasteiger partial charge in [0.15, 0.2) is 11.4 Å². The van der Waals surface area contributed by atoms with Crippen molar-refractivity contribution in [3.8, 4) is 17.0 Å². The summed E-state index contributed by atoms with van der Waals surface area (Å²) in [5, 5.41) is 8.86. The molecule has 13 heteroatoms. The van der Waals surface area contributed by atoms with Crippen LogP contribution in [0.25, 0.3) is 11.3 Å². The zero-order valence-corrected chi connectivity index (χ0v) is 12.3. The molecule has 1 aromatic heterocycles. The van der Waals surface area contributed by atoms with Crippen LogP contribution >= 0.6 is 11.6 Å². The molecule has 0 aliphatic heterocycles. The summed E-state index contributed by atoms with van der Waals surface area (Å²) in [7, 11) is -5.85. The monoisotopic (exact) mass is 370 g/mol. The first-order valence-electron chi connectivity index (χ1n) is 5.54. The van der Waals surface area contributed by atoms with E-state index in [-0.39, 0.29) is 17.0 Å². The van der Waals surface area contributed by atoms with Crippen LogP contribution < -0.4 is 9.92 Å². The Balaban J connectivity index is 2.39. The van der Waals surface area contributed by atoms with Crippen LogP contribution in [-0.2, 0) is 10.1 Å². The lowest BCUT2D eigenvalue weighted by Crippen LogP contribution is -2.28. The smallest absolute Gasteiger partial charge is 0.374 e. The van der Waals surface area contributed by atoms with Crippen molar-refractivity contribution in [1.29, 1.82) is 0 Å². The van der Waals surface area contributed by atoms with Crippen molar-refractivity contribution in [2.75, 3.05) is 0 Å². The molecule has 0 saturated carbocycles. The Morgan fingerprint density at radius 3 is 2.48 bits per heavy atom. The average molecular weight is 371 g/mol. The number of aromatic amines is 1. The number of aromatic nitrogens is 3. The van der Waals surface area contributed by atoms with Crippen LogP contribution in [-0.4, -0.2) is 35.2 Å². The molecule has 0 aliphatic rings. The highest BCUT2D eigenvalue weighted by molar-refractivity contribution is 7.88. The number of nitrogens with two attached hydrogens (primary N) is 1. The molecule has 3 N–H and O–H groups in total. The third-order valence-corrected chi connectivity index (χ3v) is 3.73. The summed E-state index contributed by atoms with van der Waals surface area (Å²) in [6.45, 7) is 0. The van der Waals surface area contributed by atoms with Crippen LogP contribution in [0.2, 0.25) is 5.02 Å². The highest BCUT2D eigenvalue weighted by Gasteiger charge is 2.48. The van der Waals surface area contributed by atoms with Crippen molar-refractivity contribution in [3.05, 3.63) is 28.9 Å². The molecular weight excluding hydrogens is 365 g/mol. The number of benzene rings is 1. The Labute approximate surface area is 131 Å². The summed E-state index contributed by atoms with van der Waals surface area (Å²) >= 11 is 5.70. The number of amides is 1. The predicted octanol–water partition coefficient (Wildman–Crippen LogP) is 1.45. The minimum Gasteiger partial charge on any atom is -0.374 e. The van der Waals surface area contributed by atoms with Gasteiger partial charge >= 0.3 is 15.6 Å². The van der Waals surface area contributed by atoms with Gasteiger partial charge in [0.1, 0.15) is 5.69 Å². The maximum atomic E-state index is 12.3. The van der Waals surface area contributed by atoms with Gasteiger partial charge < -0.3 is 9.92 Å². The van der Waals surface area contributed by atoms with E-state index in [4.69, 9.17) is 17.3 Å². The van der Waals surface area contributed by atoms with E-state index in [1.807, 2.05) is 0 Å². The Kier molecular flexibility index (Phi) is 4.22. The quantitative estimate of drug-likeness (QED) is 0.619. The van der Waals surface area contributed by atoms with Crippen molar-refractivity contribution in [2.24, 2.45) is 5.73 Å². The molecular formula is C10H6ClF3N4O4S. The summed E-state index contributed by atoms with van der Waals surface area (Å²) in [6, 6.07) is 3.06. The number of rotatable bonds is 4. The molecule has 124 valence electrons. The first-order chi connectivity index (χ1) is 10.5. The van der Waals surface area contributed by atoms with Crippen LogP contribution in [0.5, 0.6) is 5.75 Å². The van der Waals surface area contributed by atoms with Gasteiger partial charge in [0.25, 0.3) is 5.91 Å². The molecule has 8 nitrogen and oxygen atoms in total. The Morgan fingerprint density at radius 1 is 1.30 bits per heavy atom. The minimum absolute atomic E-state index is 0.00960. The average Bonchev–Trinajstić information content (AvgIpc) is 2.89. The maximum absolute atomic E-state index is 12.3. The Hall–Kier alpha value is -2.34. The number of H-pyrrole nitrogens is 1. The zero-order chi connectivity index (χ0) is 17.4. The van der Waals surface area contributed by atoms with E-state index >= 15 is 0 Å². The van der Waals surface area contributed by atoms with Gasteiger partial charge in [-0.3, -0.25) is 4.79 Å². The molecule has 2 rings (SSSR count). The third kappa shape index (κ3) is 3.37. The number of carbonyl (C=O) groups excluding carboxylic acids is 1. The number of alkyl halides is 3. The van der Waals surface area contributed by atoms with Crippen molar-refractivity contribution < 1.29 is 30.6 Å². The molecule has 1 amide bonds. The summed E-state index contributed by atoms with van der Waals surface area (Å²) in [5.74, 6) is -1.64. The highest BCUT2D eigenvalue weighted by Crippen LogP contribution is 2.34. The number of carbonyl (C=O) groups is 1. The van der Waals surface area contributed by atoms with Gasteiger partial charge in [0.05, 0.1) is 5.02 Å². The second-order valence-electron chi connectivity index (χ2n) is 4.01. The normalized spacial score (nSPS) is 12.2. The molecule has 1 heterocycles. The molecule has 0 radical (unpaired) electrons. The number of primary amides is 1. The largest absolute Gasteiger partial charge is 0.534 e. The van der Waals surface area contributed by atoms with E-state index in [0.717, 1.165) is 18.2 Å². The number of halogens is 4. The van der Waals surface area contributed by atoms with E-state index in [2.05, 4.69) is 19.6 Å². The van der Waals surface area contributed by atoms with E-state index < -0.39 is 32.3 Å². The highest BCUT2D eigenvalue weighted by atomic mass is 35.5. The molecule has 0 saturated heterocycles. The summed E-state index contributed by atoms with van der Waals surface area (Å²) in [6.07, 6.45) is 0. The van der Waals surface area contributed by atoms with Crippen molar-refractivity contribution >= 4 is 27.6 Å². The van der Waals surface area contributed by atoms with Gasteiger partial charge in [0, 0.05) is 5.56 Å². The van der Waals surface area contributed by atoms with Crippen LogP contribution in [0.15, 0.2) is 18.2 Å². The second kappa shape index (κ2) is 5.70. The topological polar surface area (TPSA) is 128 Å². The molecule has 1 aromatic carbocycles. The van der Waals surface area contributed by atoms with E-state index in [0.29, 0.717) is 0 Å². The van der Waals surface area contributed by atoms with Crippen LogP contribution in [0, 0.1) is 0 Å². The maximum Gasteiger partial charge on any atom is 0.534 e. The van der Waals surface area contributed by atoms with E-state index in [1.54, 1.807) is 0 Å². The zero-order valence-electron chi connectivity index (χ0n) is 10.8. The molecule has 0 atom stereocenters. The van der Waals surface area contributed by atoms with E-state index in [9.17, 15) is 26.4 Å². The third-order valence-electron chi connectivity index (χ3n) is 2.47. The first kappa shape index (κ1) is 17.0. The summed E-state index contributed by atoms with van der Waals surface area (Å²) in [5.41, 5.74) is -0.598. The van der Waals surface area contributed by atoms with Crippen molar-refractivity contribution in [3.63, 3.8) is 0 Å². The second-order valence-corrected chi connectivity index (χ2v) is 5.96. The molecule has 2 aromatic rings. The lowest BCUT2D eigenvalue weighted by molar-refractivity contribution is -0.0500. The Bertz CT molecular complexity index is 865. The van der Waals surface area contributed by atoms with Gasteiger partial charge in [-0.1, -0.05) is 11.6 Å². The predicted molar refractivity (Wildman–Crippen MR) is 70.9 cm³/mol. The van der Waals surface area contributed by atoms with Crippen molar-refractivity contribution in [2.45, 2.75) is 5.51 Å². The molecule has 0 unspecified atom stereocenters. The van der Waals surface area contributed by atoms with Gasteiger partial charge in [-0.05, 0) is 18.2 Å². The number of nitrogens with zero attached hydrogens (tertiary/aromatic N) is 2. The molecule has 0 aliphatic carbocycles. The number of nitrogens with one attached hydrogen (secondary N) is 1. The lowest BCUT2D eigenvalue weighted by Gasteiger charge is -2.11. The van der Waals surface area contributed by atoms with Crippen LogP contribution in [0.1, 0.15) is 10.5 Å². The fourth-order valence-corrected chi connectivity index (χ4v) is 2.23. The lowest BCUT2D eigenvalue weighted by atomic mass is 10.1. The Morgan fingerprint density at radius 2 is 1.96 bits per heavy atom. The van der Waals surface area contributed by atoms with Crippen molar-refractivity contribution in [1.82, 2.24) is 15.4 Å². The molecule has 0 bridgehead atoms. The molecule has 23 heavy (non-hydrogen) atoms. The van der Waals surface area contributed by atoms with Crippen LogP contribution in [0.4, 0.5) is 13.2 Å². The number of hydrogen-bond acceptors (Lipinski definition) is 6. The minimum atomic E-state index is -5.85. The van der Waals surface area contributed by atoms with E-state index in [1.165, 1.54) is 0 Å².